The number of benzene rings is 2. The van der Waals surface area contributed by atoms with Gasteiger partial charge < -0.3 is 5.32 Å². The van der Waals surface area contributed by atoms with Crippen LogP contribution in [0.5, 0.6) is 0 Å². The summed E-state index contributed by atoms with van der Waals surface area (Å²) in [6.45, 7) is 3.84. The van der Waals surface area contributed by atoms with Crippen LogP contribution in [0.3, 0.4) is 0 Å². The van der Waals surface area contributed by atoms with Gasteiger partial charge >= 0.3 is 5.69 Å². The molecular weight excluding hydrogens is 396 g/mol. The van der Waals surface area contributed by atoms with E-state index in [0.717, 1.165) is 17.5 Å². The van der Waals surface area contributed by atoms with E-state index in [4.69, 9.17) is 11.6 Å². The second-order valence-corrected chi connectivity index (χ2v) is 6.57. The molecule has 0 fully saturated rings. The van der Waals surface area contributed by atoms with E-state index in [0.29, 0.717) is 10.7 Å². The molecule has 0 atom stereocenters. The van der Waals surface area contributed by atoms with Crippen LogP contribution in [0.2, 0.25) is 5.02 Å². The molecule has 148 valence electrons. The molecule has 3 N–H and O–H groups in total. The van der Waals surface area contributed by atoms with Crippen LogP contribution in [0.25, 0.3) is 0 Å². The summed E-state index contributed by atoms with van der Waals surface area (Å²) in [7, 11) is 0. The van der Waals surface area contributed by atoms with Crippen LogP contribution in [0.15, 0.2) is 48.8 Å². The molecule has 2 aromatic carbocycles. The van der Waals surface area contributed by atoms with Crippen LogP contribution in [-0.2, 0) is 0 Å². The Bertz CT molecular complexity index is 1090. The number of nitrogens with zero attached hydrogens (tertiary/aromatic N) is 3. The number of amides is 1. The molecular formula is C19H17ClN6O3. The highest BCUT2D eigenvalue weighted by molar-refractivity contribution is 6.30. The quantitative estimate of drug-likeness (QED) is 0.410. The van der Waals surface area contributed by atoms with Crippen LogP contribution in [0.1, 0.15) is 21.5 Å². The molecule has 9 nitrogen and oxygen atoms in total. The van der Waals surface area contributed by atoms with Crippen molar-refractivity contribution in [3.05, 3.63) is 80.6 Å². The van der Waals surface area contributed by atoms with E-state index in [1.54, 1.807) is 24.3 Å². The second kappa shape index (κ2) is 8.53. The van der Waals surface area contributed by atoms with Gasteiger partial charge in [0.1, 0.15) is 6.33 Å². The number of hydrogen-bond acceptors (Lipinski definition) is 7. The van der Waals surface area contributed by atoms with Crippen molar-refractivity contribution in [3.8, 4) is 0 Å². The number of nitrogens with one attached hydrogen (secondary N) is 3. The number of nitro groups is 1. The first-order valence-corrected chi connectivity index (χ1v) is 8.89. The van der Waals surface area contributed by atoms with Gasteiger partial charge in [-0.15, -0.1) is 0 Å². The molecule has 0 spiro atoms. The van der Waals surface area contributed by atoms with Crippen LogP contribution in [-0.4, -0.2) is 20.8 Å². The van der Waals surface area contributed by atoms with Gasteiger partial charge in [-0.1, -0.05) is 29.8 Å². The highest BCUT2D eigenvalue weighted by Gasteiger charge is 2.24. The number of aromatic nitrogens is 2. The fraction of sp³-hybridized carbons (Fsp3) is 0.105. The standard InChI is InChI=1S/C19H17ClN6O3/c1-11-5-3-8-15(12(11)2)23-17-16(26(28)29)18(22-10-21-17)24-25-19(27)13-6-4-7-14(20)9-13/h3-10H,1-2H3,(H,25,27)(H2,21,22,23,24). The number of hydrazine groups is 1. The molecule has 29 heavy (non-hydrogen) atoms. The Labute approximate surface area is 171 Å². The molecule has 0 saturated heterocycles. The Balaban J connectivity index is 1.86. The van der Waals surface area contributed by atoms with Crippen molar-refractivity contribution < 1.29 is 9.72 Å². The molecule has 3 rings (SSSR count). The van der Waals surface area contributed by atoms with Crippen LogP contribution < -0.4 is 16.2 Å². The smallest absolute Gasteiger partial charge is 0.334 e. The van der Waals surface area contributed by atoms with Crippen LogP contribution >= 0.6 is 11.6 Å². The van der Waals surface area contributed by atoms with E-state index in [2.05, 4.69) is 26.1 Å². The minimum atomic E-state index is -0.624. The van der Waals surface area contributed by atoms with Crippen molar-refractivity contribution in [2.24, 2.45) is 0 Å². The summed E-state index contributed by atoms with van der Waals surface area (Å²) in [5.41, 5.74) is 7.40. The summed E-state index contributed by atoms with van der Waals surface area (Å²) in [5.74, 6) is -0.684. The van der Waals surface area contributed by atoms with Gasteiger partial charge in [0.2, 0.25) is 11.6 Å². The second-order valence-electron chi connectivity index (χ2n) is 6.14. The molecule has 1 amide bonds. The Hall–Kier alpha value is -3.72. The number of anilines is 3. The Morgan fingerprint density at radius 1 is 1.10 bits per heavy atom. The summed E-state index contributed by atoms with van der Waals surface area (Å²) in [6.07, 6.45) is 1.16. The van der Waals surface area contributed by atoms with Crippen molar-refractivity contribution in [2.45, 2.75) is 13.8 Å². The Morgan fingerprint density at radius 2 is 1.83 bits per heavy atom. The van der Waals surface area contributed by atoms with Crippen LogP contribution in [0.4, 0.5) is 23.0 Å². The number of carbonyl (C=O) groups is 1. The molecule has 1 aromatic heterocycles. The van der Waals surface area contributed by atoms with Gasteiger partial charge in [0, 0.05) is 16.3 Å². The van der Waals surface area contributed by atoms with Gasteiger partial charge in [0.05, 0.1) is 4.92 Å². The third-order valence-electron chi connectivity index (χ3n) is 4.24. The molecule has 0 bridgehead atoms. The lowest BCUT2D eigenvalue weighted by molar-refractivity contribution is -0.383. The number of aryl methyl sites for hydroxylation is 1. The van der Waals surface area contributed by atoms with Gasteiger partial charge in [-0.25, -0.2) is 9.97 Å². The lowest BCUT2D eigenvalue weighted by Crippen LogP contribution is -2.30. The predicted octanol–water partition coefficient (Wildman–Crippen LogP) is 4.16. The maximum Gasteiger partial charge on any atom is 0.355 e. The number of hydrogen-bond donors (Lipinski definition) is 3. The zero-order valence-corrected chi connectivity index (χ0v) is 16.3. The molecule has 1 heterocycles. The fourth-order valence-corrected chi connectivity index (χ4v) is 2.76. The minimum Gasteiger partial charge on any atom is -0.334 e. The van der Waals surface area contributed by atoms with Crippen molar-refractivity contribution >= 4 is 40.5 Å². The molecule has 0 aliphatic carbocycles. The average molecular weight is 413 g/mol. The van der Waals surface area contributed by atoms with E-state index in [1.165, 1.54) is 6.07 Å². The maximum atomic E-state index is 12.2. The van der Waals surface area contributed by atoms with Gasteiger partial charge in [-0.2, -0.15) is 0 Å². The van der Waals surface area contributed by atoms with Crippen LogP contribution in [0, 0.1) is 24.0 Å². The third kappa shape index (κ3) is 4.58. The predicted molar refractivity (Wildman–Crippen MR) is 110 cm³/mol. The third-order valence-corrected chi connectivity index (χ3v) is 4.48. The molecule has 0 unspecified atom stereocenters. The van der Waals surface area contributed by atoms with E-state index in [1.807, 2.05) is 26.0 Å². The first-order chi connectivity index (χ1) is 13.9. The van der Waals surface area contributed by atoms with Gasteiger partial charge in [0.15, 0.2) is 0 Å². The van der Waals surface area contributed by atoms with E-state index in [9.17, 15) is 14.9 Å². The molecule has 0 aliphatic heterocycles. The van der Waals surface area contributed by atoms with E-state index < -0.39 is 16.5 Å². The molecule has 0 aliphatic rings. The number of halogens is 1. The average Bonchev–Trinajstić information content (AvgIpc) is 2.69. The molecule has 3 aromatic rings. The minimum absolute atomic E-state index is 0.00166. The molecule has 10 heteroatoms. The van der Waals surface area contributed by atoms with Crippen molar-refractivity contribution in [1.82, 2.24) is 15.4 Å². The largest absolute Gasteiger partial charge is 0.355 e. The van der Waals surface area contributed by atoms with E-state index >= 15 is 0 Å². The van der Waals surface area contributed by atoms with E-state index in [-0.39, 0.29) is 17.2 Å². The zero-order valence-electron chi connectivity index (χ0n) is 15.6. The summed E-state index contributed by atoms with van der Waals surface area (Å²) in [4.78, 5) is 31.2. The number of rotatable bonds is 6. The highest BCUT2D eigenvalue weighted by Crippen LogP contribution is 2.32. The lowest BCUT2D eigenvalue weighted by Gasteiger charge is -2.13. The van der Waals surface area contributed by atoms with Crippen molar-refractivity contribution in [2.75, 3.05) is 10.7 Å². The first-order valence-electron chi connectivity index (χ1n) is 8.51. The summed E-state index contributed by atoms with van der Waals surface area (Å²) < 4.78 is 0. The molecule has 0 saturated carbocycles. The highest BCUT2D eigenvalue weighted by atomic mass is 35.5. The van der Waals surface area contributed by atoms with Gasteiger partial charge in [0.25, 0.3) is 5.91 Å². The monoisotopic (exact) mass is 412 g/mol. The summed E-state index contributed by atoms with van der Waals surface area (Å²) >= 11 is 5.88. The fourth-order valence-electron chi connectivity index (χ4n) is 2.57. The SMILES string of the molecule is Cc1cccc(Nc2ncnc(NNC(=O)c3cccc(Cl)c3)c2[N+](=O)[O-])c1C. The van der Waals surface area contributed by atoms with Gasteiger partial charge in [-0.3, -0.25) is 25.8 Å². The zero-order chi connectivity index (χ0) is 21.0. The molecule has 0 radical (unpaired) electrons. The maximum absolute atomic E-state index is 12.2. The Morgan fingerprint density at radius 3 is 2.55 bits per heavy atom. The lowest BCUT2D eigenvalue weighted by atomic mass is 10.1. The van der Waals surface area contributed by atoms with Crippen molar-refractivity contribution in [1.29, 1.82) is 0 Å². The first kappa shape index (κ1) is 20.0. The number of carbonyl (C=O) groups excluding carboxylic acids is 1. The normalized spacial score (nSPS) is 10.3. The topological polar surface area (TPSA) is 122 Å². The Kier molecular flexibility index (Phi) is 5.89. The summed E-state index contributed by atoms with van der Waals surface area (Å²) in [5, 5.41) is 15.0. The summed E-state index contributed by atoms with van der Waals surface area (Å²) in [6, 6.07) is 11.9. The van der Waals surface area contributed by atoms with Gasteiger partial charge in [-0.05, 0) is 49.2 Å². The van der Waals surface area contributed by atoms with Crippen molar-refractivity contribution in [3.63, 3.8) is 0 Å².